The number of anilines is 1. The fraction of sp³-hybridized carbons (Fsp3) is 0.143. The molecule has 0 fully saturated rings. The molecule has 4 nitrogen and oxygen atoms in total. The zero-order valence-corrected chi connectivity index (χ0v) is 17.6. The number of halogens is 1. The minimum atomic E-state index is -0.523. The monoisotopic (exact) mass is 443 g/mol. The molecular weight excluding hydrogens is 426 g/mol. The van der Waals surface area contributed by atoms with Crippen molar-refractivity contribution < 1.29 is 14.3 Å². The molecule has 0 bridgehead atoms. The van der Waals surface area contributed by atoms with Crippen molar-refractivity contribution in [3.8, 4) is 0 Å². The third-order valence-corrected chi connectivity index (χ3v) is 5.52. The van der Waals surface area contributed by atoms with Gasteiger partial charge in [-0.1, -0.05) is 34.1 Å². The fourth-order valence-electron chi connectivity index (χ4n) is 2.97. The summed E-state index contributed by atoms with van der Waals surface area (Å²) >= 11 is 5.07. The number of esters is 1. The van der Waals surface area contributed by atoms with Crippen molar-refractivity contribution in [1.82, 2.24) is 0 Å². The van der Waals surface area contributed by atoms with E-state index in [0.717, 1.165) is 14.9 Å². The van der Waals surface area contributed by atoms with Crippen LogP contribution in [0.25, 0.3) is 6.08 Å². The van der Waals surface area contributed by atoms with Crippen LogP contribution < -0.4 is 4.90 Å². The van der Waals surface area contributed by atoms with Gasteiger partial charge in [0.2, 0.25) is 0 Å². The molecule has 3 rings (SSSR count). The Balaban J connectivity index is 2.10. The Hall–Kier alpha value is -2.31. The average Bonchev–Trinajstić information content (AvgIpc) is 2.91. The van der Waals surface area contributed by atoms with Gasteiger partial charge < -0.3 is 4.74 Å². The van der Waals surface area contributed by atoms with E-state index in [9.17, 15) is 9.59 Å². The van der Waals surface area contributed by atoms with E-state index in [0.29, 0.717) is 17.0 Å². The Labute approximate surface area is 171 Å². The fourth-order valence-corrected chi connectivity index (χ4v) is 3.77. The van der Waals surface area contributed by atoms with Gasteiger partial charge in [-0.3, -0.25) is 9.69 Å². The molecule has 0 saturated heterocycles. The largest absolute Gasteiger partial charge is 0.465 e. The molecule has 1 amide bonds. The van der Waals surface area contributed by atoms with Crippen LogP contribution in [-0.2, 0) is 14.3 Å². The maximum absolute atomic E-state index is 13.2. The van der Waals surface area contributed by atoms with E-state index < -0.39 is 5.97 Å². The van der Waals surface area contributed by atoms with Gasteiger partial charge in [-0.25, -0.2) is 4.79 Å². The highest BCUT2D eigenvalue weighted by Crippen LogP contribution is 2.36. The molecule has 0 aliphatic carbocycles. The smallest absolute Gasteiger partial charge is 0.340 e. The predicted molar refractivity (Wildman–Crippen MR) is 113 cm³/mol. The third kappa shape index (κ3) is 3.87. The molecule has 0 spiro atoms. The Morgan fingerprint density at radius 1 is 1.19 bits per heavy atom. The van der Waals surface area contributed by atoms with Gasteiger partial charge in [0.15, 0.2) is 0 Å². The number of methoxy groups -OCH3 is 1. The molecule has 6 heteroatoms. The van der Waals surface area contributed by atoms with Crippen LogP contribution >= 0.6 is 27.7 Å². The first kappa shape index (κ1) is 19.5. The van der Waals surface area contributed by atoms with Crippen LogP contribution in [0.5, 0.6) is 0 Å². The minimum Gasteiger partial charge on any atom is -0.465 e. The maximum Gasteiger partial charge on any atom is 0.340 e. The SMILES string of the molecule is COC(=O)C1=C(C)N(c2cccc(Br)c2)C(=O)/C1=C\c1ccc(SC)cc1. The molecule has 27 heavy (non-hydrogen) atoms. The molecule has 1 heterocycles. The number of nitrogens with zero attached hydrogens (tertiary/aromatic N) is 1. The van der Waals surface area contributed by atoms with E-state index in [4.69, 9.17) is 4.74 Å². The summed E-state index contributed by atoms with van der Waals surface area (Å²) in [5.41, 5.74) is 2.71. The van der Waals surface area contributed by atoms with Crippen molar-refractivity contribution in [3.63, 3.8) is 0 Å². The summed E-state index contributed by atoms with van der Waals surface area (Å²) in [5.74, 6) is -0.773. The molecule has 138 valence electrons. The zero-order valence-electron chi connectivity index (χ0n) is 15.2. The number of carbonyl (C=O) groups excluding carboxylic acids is 2. The summed E-state index contributed by atoms with van der Waals surface area (Å²) in [4.78, 5) is 28.2. The van der Waals surface area contributed by atoms with Gasteiger partial charge >= 0.3 is 5.97 Å². The molecule has 2 aromatic rings. The second-order valence-corrected chi connectivity index (χ2v) is 7.70. The first-order valence-corrected chi connectivity index (χ1v) is 10.2. The molecule has 1 aliphatic heterocycles. The molecule has 1 aliphatic rings. The molecule has 2 aromatic carbocycles. The molecule has 0 aromatic heterocycles. The number of carbonyl (C=O) groups is 2. The number of allylic oxidation sites excluding steroid dienone is 1. The number of benzene rings is 2. The number of ether oxygens (including phenoxy) is 1. The van der Waals surface area contributed by atoms with Crippen LogP contribution in [0, 0.1) is 0 Å². The van der Waals surface area contributed by atoms with E-state index >= 15 is 0 Å². The molecule has 0 N–H and O–H groups in total. The minimum absolute atomic E-state index is 0.250. The van der Waals surface area contributed by atoms with Gasteiger partial charge in [0.1, 0.15) is 0 Å². The second-order valence-electron chi connectivity index (χ2n) is 5.90. The summed E-state index contributed by atoms with van der Waals surface area (Å²) < 4.78 is 5.79. The summed E-state index contributed by atoms with van der Waals surface area (Å²) in [6.45, 7) is 1.75. The first-order chi connectivity index (χ1) is 13.0. The number of amides is 1. The van der Waals surface area contributed by atoms with E-state index in [-0.39, 0.29) is 11.5 Å². The lowest BCUT2D eigenvalue weighted by Crippen LogP contribution is -2.24. The summed E-state index contributed by atoms with van der Waals surface area (Å²) in [7, 11) is 1.32. The molecular formula is C21H18BrNO3S. The van der Waals surface area contributed by atoms with Crippen LogP contribution in [0.15, 0.2) is 74.7 Å². The van der Waals surface area contributed by atoms with Gasteiger partial charge in [0.05, 0.1) is 23.9 Å². The van der Waals surface area contributed by atoms with Crippen molar-refractivity contribution in [2.75, 3.05) is 18.3 Å². The summed E-state index contributed by atoms with van der Waals surface area (Å²) in [6, 6.07) is 15.2. The standard InChI is InChI=1S/C21H18BrNO3S/c1-13-19(21(25)26-2)18(11-14-7-9-17(27-3)10-8-14)20(24)23(13)16-6-4-5-15(22)12-16/h4-12H,1-3H3/b18-11-. The van der Waals surface area contributed by atoms with Crippen molar-refractivity contribution >= 4 is 51.3 Å². The lowest BCUT2D eigenvalue weighted by molar-refractivity contribution is -0.136. The highest BCUT2D eigenvalue weighted by molar-refractivity contribution is 9.10. The Bertz CT molecular complexity index is 964. The number of hydrogen-bond donors (Lipinski definition) is 0. The van der Waals surface area contributed by atoms with Gasteiger partial charge in [-0.2, -0.15) is 0 Å². The number of thioether (sulfide) groups is 1. The topological polar surface area (TPSA) is 46.6 Å². The zero-order chi connectivity index (χ0) is 19.6. The van der Waals surface area contributed by atoms with Crippen LogP contribution in [0.3, 0.4) is 0 Å². The molecule has 0 saturated carbocycles. The lowest BCUT2D eigenvalue weighted by atomic mass is 10.0. The second kappa shape index (κ2) is 8.15. The number of rotatable bonds is 4. The van der Waals surface area contributed by atoms with E-state index in [2.05, 4.69) is 15.9 Å². The van der Waals surface area contributed by atoms with Gasteiger partial charge in [-0.05, 0) is 55.2 Å². The van der Waals surface area contributed by atoms with E-state index in [1.807, 2.05) is 54.8 Å². The maximum atomic E-state index is 13.2. The van der Waals surface area contributed by atoms with Crippen LogP contribution in [0.1, 0.15) is 12.5 Å². The quantitative estimate of drug-likeness (QED) is 0.376. The van der Waals surface area contributed by atoms with E-state index in [1.165, 1.54) is 7.11 Å². The van der Waals surface area contributed by atoms with Crippen LogP contribution in [-0.4, -0.2) is 25.2 Å². The van der Waals surface area contributed by atoms with E-state index in [1.54, 1.807) is 29.7 Å². The lowest BCUT2D eigenvalue weighted by Gasteiger charge is -2.18. The Kier molecular flexibility index (Phi) is 5.87. The van der Waals surface area contributed by atoms with Crippen molar-refractivity contribution in [2.24, 2.45) is 0 Å². The molecule has 0 radical (unpaired) electrons. The van der Waals surface area contributed by atoms with Crippen LogP contribution in [0.4, 0.5) is 5.69 Å². The van der Waals surface area contributed by atoms with Crippen molar-refractivity contribution in [1.29, 1.82) is 0 Å². The summed E-state index contributed by atoms with van der Waals surface area (Å²) in [6.07, 6.45) is 3.74. The first-order valence-electron chi connectivity index (χ1n) is 8.21. The Morgan fingerprint density at radius 3 is 2.48 bits per heavy atom. The Morgan fingerprint density at radius 2 is 1.89 bits per heavy atom. The predicted octanol–water partition coefficient (Wildman–Crippen LogP) is 5.05. The molecule has 0 atom stereocenters. The van der Waals surface area contributed by atoms with Gasteiger partial charge in [0, 0.05) is 15.1 Å². The normalized spacial score (nSPS) is 15.6. The van der Waals surface area contributed by atoms with Crippen LogP contribution in [0.2, 0.25) is 0 Å². The van der Waals surface area contributed by atoms with Crippen molar-refractivity contribution in [2.45, 2.75) is 11.8 Å². The summed E-state index contributed by atoms with van der Waals surface area (Å²) in [5, 5.41) is 0. The third-order valence-electron chi connectivity index (χ3n) is 4.28. The average molecular weight is 444 g/mol. The highest BCUT2D eigenvalue weighted by Gasteiger charge is 2.37. The van der Waals surface area contributed by atoms with Gasteiger partial charge in [-0.15, -0.1) is 11.8 Å². The highest BCUT2D eigenvalue weighted by atomic mass is 79.9. The molecule has 0 unspecified atom stereocenters. The number of hydrogen-bond acceptors (Lipinski definition) is 4. The van der Waals surface area contributed by atoms with Crippen molar-refractivity contribution in [3.05, 3.63) is 75.4 Å². The van der Waals surface area contributed by atoms with Gasteiger partial charge in [0.25, 0.3) is 5.91 Å².